The van der Waals surface area contributed by atoms with Gasteiger partial charge in [-0.25, -0.2) is 0 Å². The molecule has 1 aliphatic carbocycles. The highest BCUT2D eigenvalue weighted by atomic mass is 32.1. The summed E-state index contributed by atoms with van der Waals surface area (Å²) in [7, 11) is 0. The summed E-state index contributed by atoms with van der Waals surface area (Å²) in [6.07, 6.45) is 0.708. The minimum atomic E-state index is 0.708. The Hall–Kier alpha value is -2.97. The highest BCUT2D eigenvalue weighted by Gasteiger charge is 2.23. The molecule has 1 nitrogen and oxygen atoms in total. The van der Waals surface area contributed by atoms with E-state index in [-0.39, 0.29) is 0 Å². The molecule has 26 heavy (non-hydrogen) atoms. The molecule has 122 valence electrons. The van der Waals surface area contributed by atoms with Crippen LogP contribution in [0.25, 0.3) is 42.1 Å². The first-order chi connectivity index (χ1) is 12.8. The van der Waals surface area contributed by atoms with E-state index in [4.69, 9.17) is 5.41 Å². The second-order valence-corrected chi connectivity index (χ2v) is 8.04. The lowest BCUT2D eigenvalue weighted by Gasteiger charge is -2.22. The predicted octanol–water partition coefficient (Wildman–Crippen LogP) is 6.80. The van der Waals surface area contributed by atoms with Crippen LogP contribution in [0, 0.1) is 5.41 Å². The largest absolute Gasteiger partial charge is 0.304 e. The fourth-order valence-electron chi connectivity index (χ4n) is 4.29. The zero-order valence-electron chi connectivity index (χ0n) is 14.0. The second-order valence-electron chi connectivity index (χ2n) is 6.96. The van der Waals surface area contributed by atoms with Crippen LogP contribution in [0.4, 0.5) is 0 Å². The number of nitrogens with one attached hydrogen (secondary N) is 1. The van der Waals surface area contributed by atoms with Gasteiger partial charge in [0, 0.05) is 37.9 Å². The van der Waals surface area contributed by atoms with Gasteiger partial charge in [-0.05, 0) is 45.7 Å². The standard InChI is InChI=1S/C24H15NS/c25-22-12-19-15-6-2-1-5-14(15)9-10-16(19)18-11-21-17-7-3-4-8-23(17)26-24(21)13-20(18)22/h1-11,13,25H,12H2. The molecule has 1 aromatic heterocycles. The van der Waals surface area contributed by atoms with E-state index in [1.165, 1.54) is 47.6 Å². The molecule has 1 aliphatic rings. The third kappa shape index (κ3) is 1.82. The zero-order valence-corrected chi connectivity index (χ0v) is 14.9. The average Bonchev–Trinajstić information content (AvgIpc) is 3.04. The monoisotopic (exact) mass is 349 g/mol. The van der Waals surface area contributed by atoms with Crippen molar-refractivity contribution in [3.05, 3.63) is 83.9 Å². The molecule has 0 fully saturated rings. The van der Waals surface area contributed by atoms with Gasteiger partial charge in [0.15, 0.2) is 0 Å². The first-order valence-electron chi connectivity index (χ1n) is 8.84. The van der Waals surface area contributed by atoms with Crippen molar-refractivity contribution in [1.29, 1.82) is 5.41 Å². The van der Waals surface area contributed by atoms with Crippen LogP contribution in [0.15, 0.2) is 72.8 Å². The lowest BCUT2D eigenvalue weighted by molar-refractivity contribution is 1.27. The molecule has 1 N–H and O–H groups in total. The van der Waals surface area contributed by atoms with Crippen molar-refractivity contribution in [2.24, 2.45) is 0 Å². The number of hydrogen-bond acceptors (Lipinski definition) is 2. The topological polar surface area (TPSA) is 23.9 Å². The summed E-state index contributed by atoms with van der Waals surface area (Å²) in [5, 5.41) is 13.8. The molecule has 0 amide bonds. The van der Waals surface area contributed by atoms with Crippen LogP contribution in [0.3, 0.4) is 0 Å². The number of fused-ring (bicyclic) bond motifs is 8. The van der Waals surface area contributed by atoms with Crippen molar-refractivity contribution in [2.45, 2.75) is 6.42 Å². The smallest absolute Gasteiger partial charge is 0.0437 e. The van der Waals surface area contributed by atoms with Crippen LogP contribution in [0.1, 0.15) is 11.1 Å². The normalized spacial score (nSPS) is 13.3. The maximum atomic E-state index is 8.69. The number of thiophene rings is 1. The van der Waals surface area contributed by atoms with E-state index in [2.05, 4.69) is 72.8 Å². The van der Waals surface area contributed by atoms with Crippen LogP contribution in [0.2, 0.25) is 0 Å². The van der Waals surface area contributed by atoms with E-state index in [9.17, 15) is 0 Å². The summed E-state index contributed by atoms with van der Waals surface area (Å²) in [6, 6.07) is 26.1. The summed E-state index contributed by atoms with van der Waals surface area (Å²) in [5.41, 5.74) is 5.60. The third-order valence-electron chi connectivity index (χ3n) is 5.53. The number of hydrogen-bond donors (Lipinski definition) is 1. The van der Waals surface area contributed by atoms with Crippen LogP contribution in [-0.2, 0) is 6.42 Å². The minimum absolute atomic E-state index is 0.708. The van der Waals surface area contributed by atoms with Gasteiger partial charge >= 0.3 is 0 Å². The summed E-state index contributed by atoms with van der Waals surface area (Å²) >= 11 is 1.82. The predicted molar refractivity (Wildman–Crippen MR) is 113 cm³/mol. The summed E-state index contributed by atoms with van der Waals surface area (Å²) in [5.74, 6) is 0. The summed E-state index contributed by atoms with van der Waals surface area (Å²) in [6.45, 7) is 0. The van der Waals surface area contributed by atoms with Gasteiger partial charge in [-0.2, -0.15) is 0 Å². The van der Waals surface area contributed by atoms with Gasteiger partial charge in [0.25, 0.3) is 0 Å². The van der Waals surface area contributed by atoms with Gasteiger partial charge < -0.3 is 5.41 Å². The summed E-state index contributed by atoms with van der Waals surface area (Å²) < 4.78 is 2.59. The zero-order chi connectivity index (χ0) is 17.3. The molecular weight excluding hydrogens is 334 g/mol. The molecule has 2 heteroatoms. The molecule has 0 spiro atoms. The Labute approximate surface area is 155 Å². The summed E-state index contributed by atoms with van der Waals surface area (Å²) in [4.78, 5) is 0. The molecule has 0 atom stereocenters. The van der Waals surface area contributed by atoms with E-state index >= 15 is 0 Å². The molecular formula is C24H15NS. The number of benzene rings is 4. The third-order valence-corrected chi connectivity index (χ3v) is 6.66. The van der Waals surface area contributed by atoms with Gasteiger partial charge in [-0.15, -0.1) is 11.3 Å². The van der Waals surface area contributed by atoms with Gasteiger partial charge in [0.2, 0.25) is 0 Å². The molecule has 6 rings (SSSR count). The Morgan fingerprint density at radius 3 is 2.38 bits per heavy atom. The molecule has 0 saturated heterocycles. The van der Waals surface area contributed by atoms with E-state index in [0.717, 1.165) is 11.3 Å². The van der Waals surface area contributed by atoms with Gasteiger partial charge in [0.1, 0.15) is 0 Å². The second kappa shape index (κ2) is 5.03. The Bertz CT molecular complexity index is 1370. The maximum absolute atomic E-state index is 8.69. The van der Waals surface area contributed by atoms with E-state index < -0.39 is 0 Å². The SMILES string of the molecule is N=C1Cc2c(ccc3ccccc23)-c2cc3c(cc21)sc1ccccc13. The molecule has 0 radical (unpaired) electrons. The lowest BCUT2D eigenvalue weighted by Crippen LogP contribution is -2.12. The first-order valence-corrected chi connectivity index (χ1v) is 9.65. The van der Waals surface area contributed by atoms with Crippen LogP contribution in [0.5, 0.6) is 0 Å². The van der Waals surface area contributed by atoms with E-state index in [1.807, 2.05) is 11.3 Å². The Morgan fingerprint density at radius 2 is 1.46 bits per heavy atom. The Balaban J connectivity index is 1.75. The lowest BCUT2D eigenvalue weighted by atomic mass is 9.81. The highest BCUT2D eigenvalue weighted by Crippen LogP contribution is 2.42. The molecule has 5 aromatic rings. The quantitative estimate of drug-likeness (QED) is 0.318. The first kappa shape index (κ1) is 14.2. The maximum Gasteiger partial charge on any atom is 0.0437 e. The minimum Gasteiger partial charge on any atom is -0.304 e. The van der Waals surface area contributed by atoms with Crippen LogP contribution < -0.4 is 0 Å². The van der Waals surface area contributed by atoms with Crippen molar-refractivity contribution in [1.82, 2.24) is 0 Å². The molecule has 0 bridgehead atoms. The Morgan fingerprint density at radius 1 is 0.654 bits per heavy atom. The average molecular weight is 349 g/mol. The van der Waals surface area contributed by atoms with Gasteiger partial charge in [-0.3, -0.25) is 0 Å². The van der Waals surface area contributed by atoms with E-state index in [1.54, 1.807) is 0 Å². The van der Waals surface area contributed by atoms with Crippen molar-refractivity contribution < 1.29 is 0 Å². The van der Waals surface area contributed by atoms with Crippen LogP contribution in [-0.4, -0.2) is 5.71 Å². The molecule has 0 unspecified atom stereocenters. The van der Waals surface area contributed by atoms with Crippen molar-refractivity contribution in [2.75, 3.05) is 0 Å². The van der Waals surface area contributed by atoms with Crippen molar-refractivity contribution in [3.63, 3.8) is 0 Å². The molecule has 0 saturated carbocycles. The Kier molecular flexibility index (Phi) is 2.75. The van der Waals surface area contributed by atoms with Gasteiger partial charge in [-0.1, -0.05) is 54.6 Å². The molecule has 4 aromatic carbocycles. The molecule has 1 heterocycles. The fourth-order valence-corrected chi connectivity index (χ4v) is 5.42. The highest BCUT2D eigenvalue weighted by molar-refractivity contribution is 7.25. The van der Waals surface area contributed by atoms with Crippen molar-refractivity contribution >= 4 is 48.0 Å². The van der Waals surface area contributed by atoms with Crippen LogP contribution >= 0.6 is 11.3 Å². The van der Waals surface area contributed by atoms with E-state index in [0.29, 0.717) is 6.42 Å². The van der Waals surface area contributed by atoms with Gasteiger partial charge in [0.05, 0.1) is 0 Å². The fraction of sp³-hybridized carbons (Fsp3) is 0.0417. The molecule has 0 aliphatic heterocycles. The van der Waals surface area contributed by atoms with Crippen molar-refractivity contribution in [3.8, 4) is 11.1 Å². The number of rotatable bonds is 0.